The van der Waals surface area contributed by atoms with E-state index in [2.05, 4.69) is 31.2 Å². The van der Waals surface area contributed by atoms with Crippen LogP contribution in [0.1, 0.15) is 11.9 Å². The van der Waals surface area contributed by atoms with Gasteiger partial charge in [-0.2, -0.15) is 0 Å². The maximum Gasteiger partial charge on any atom is 0.337 e. The summed E-state index contributed by atoms with van der Waals surface area (Å²) in [6, 6.07) is 0. The highest BCUT2D eigenvalue weighted by molar-refractivity contribution is 9.09. The molecular formula is C11H12BrN3O2S. The smallest absolute Gasteiger partial charge is 0.337 e. The van der Waals surface area contributed by atoms with E-state index in [1.54, 1.807) is 13.1 Å². The molecule has 1 aliphatic rings. The van der Waals surface area contributed by atoms with Gasteiger partial charge < -0.3 is 10.1 Å². The van der Waals surface area contributed by atoms with E-state index in [4.69, 9.17) is 4.74 Å². The second kappa shape index (κ2) is 6.10. The van der Waals surface area contributed by atoms with Crippen LogP contribution >= 0.6 is 27.3 Å². The average molecular weight is 330 g/mol. The lowest BCUT2D eigenvalue weighted by Gasteiger charge is -2.18. The van der Waals surface area contributed by atoms with Gasteiger partial charge in [0.2, 0.25) is 0 Å². The van der Waals surface area contributed by atoms with Crippen LogP contribution in [0.5, 0.6) is 0 Å². The summed E-state index contributed by atoms with van der Waals surface area (Å²) < 4.78 is 5.00. The number of nitrogens with zero attached hydrogens (tertiary/aromatic N) is 2. The molecule has 18 heavy (non-hydrogen) atoms. The van der Waals surface area contributed by atoms with E-state index in [1.807, 2.05) is 5.38 Å². The average Bonchev–Trinajstić information content (AvgIpc) is 2.92. The van der Waals surface area contributed by atoms with E-state index in [0.717, 1.165) is 10.7 Å². The fourth-order valence-electron chi connectivity index (χ4n) is 1.49. The summed E-state index contributed by atoms with van der Waals surface area (Å²) in [6.45, 7) is 2.47. The van der Waals surface area contributed by atoms with Crippen molar-refractivity contribution in [1.82, 2.24) is 10.3 Å². The number of aromatic nitrogens is 1. The number of carbonyl (C=O) groups excluding carboxylic acids is 1. The Morgan fingerprint density at radius 1 is 1.67 bits per heavy atom. The molecule has 0 fully saturated rings. The number of ether oxygens (including phenoxy) is 1. The van der Waals surface area contributed by atoms with Gasteiger partial charge >= 0.3 is 5.97 Å². The van der Waals surface area contributed by atoms with Gasteiger partial charge in [-0.15, -0.1) is 11.3 Å². The molecule has 0 radical (unpaired) electrons. The number of allylic oxidation sites excluding steroid dienone is 1. The molecular weight excluding hydrogens is 318 g/mol. The lowest BCUT2D eigenvalue weighted by molar-refractivity contribution is -0.138. The number of thiazole rings is 1. The minimum absolute atomic E-state index is 0.318. The lowest BCUT2D eigenvalue weighted by Crippen LogP contribution is -2.33. The second-order valence-electron chi connectivity index (χ2n) is 3.44. The zero-order valence-electron chi connectivity index (χ0n) is 9.77. The van der Waals surface area contributed by atoms with Crippen LogP contribution in [0.2, 0.25) is 0 Å². The van der Waals surface area contributed by atoms with Crippen LogP contribution in [-0.2, 0) is 9.53 Å². The first-order valence-corrected chi connectivity index (χ1v) is 7.42. The monoisotopic (exact) mass is 329 g/mol. The number of hydrogen-bond acceptors (Lipinski definition) is 6. The first-order chi connectivity index (χ1) is 8.76. The van der Waals surface area contributed by atoms with Crippen molar-refractivity contribution in [1.29, 1.82) is 0 Å². The number of hydrogen-bond donors (Lipinski definition) is 1. The Morgan fingerprint density at radius 2 is 2.50 bits per heavy atom. The van der Waals surface area contributed by atoms with E-state index in [1.165, 1.54) is 11.3 Å². The number of carbonyl (C=O) groups is 1. The number of rotatable bonds is 4. The van der Waals surface area contributed by atoms with Crippen molar-refractivity contribution in [3.8, 4) is 0 Å². The maximum absolute atomic E-state index is 11.7. The van der Waals surface area contributed by atoms with Gasteiger partial charge in [0, 0.05) is 22.6 Å². The molecule has 0 aromatic carbocycles. The van der Waals surface area contributed by atoms with Crippen molar-refractivity contribution in [3.05, 3.63) is 27.9 Å². The van der Waals surface area contributed by atoms with Crippen LogP contribution < -0.4 is 5.32 Å². The molecule has 0 atom stereocenters. The van der Waals surface area contributed by atoms with E-state index in [-0.39, 0.29) is 5.97 Å². The summed E-state index contributed by atoms with van der Waals surface area (Å²) in [5, 5.41) is 6.37. The van der Waals surface area contributed by atoms with Gasteiger partial charge in [0.25, 0.3) is 0 Å². The van der Waals surface area contributed by atoms with Crippen LogP contribution in [0.3, 0.4) is 0 Å². The Bertz CT molecular complexity index is 496. The molecule has 1 aromatic rings. The van der Waals surface area contributed by atoms with E-state index < -0.39 is 0 Å². The molecule has 0 bridgehead atoms. The number of halogens is 1. The van der Waals surface area contributed by atoms with Gasteiger partial charge in [-0.25, -0.2) is 9.78 Å². The Kier molecular flexibility index (Phi) is 4.48. The molecule has 1 aromatic heterocycles. The van der Waals surface area contributed by atoms with E-state index in [9.17, 15) is 4.79 Å². The maximum atomic E-state index is 11.7. The number of amidine groups is 1. The van der Waals surface area contributed by atoms with Crippen molar-refractivity contribution < 1.29 is 9.53 Å². The Labute approximate surface area is 117 Å². The summed E-state index contributed by atoms with van der Waals surface area (Å²) in [7, 11) is 0. The van der Waals surface area contributed by atoms with Crippen LogP contribution in [-0.4, -0.2) is 35.3 Å². The third kappa shape index (κ3) is 2.78. The zero-order chi connectivity index (χ0) is 13.0. The van der Waals surface area contributed by atoms with Crippen molar-refractivity contribution in [2.24, 2.45) is 4.99 Å². The third-order valence-electron chi connectivity index (χ3n) is 2.32. The highest BCUT2D eigenvalue weighted by Crippen LogP contribution is 2.16. The quantitative estimate of drug-likeness (QED) is 0.674. The van der Waals surface area contributed by atoms with Crippen molar-refractivity contribution >= 4 is 39.1 Å². The molecule has 7 heteroatoms. The fourth-order valence-corrected chi connectivity index (χ4v) is 2.57. The summed E-state index contributed by atoms with van der Waals surface area (Å²) in [5.41, 5.74) is 1.35. The number of alkyl halides is 1. The number of esters is 1. The second-order valence-corrected chi connectivity index (χ2v) is 4.89. The number of nitrogens with one attached hydrogen (secondary N) is 1. The van der Waals surface area contributed by atoms with Crippen LogP contribution in [0, 0.1) is 0 Å². The molecule has 0 unspecified atom stereocenters. The molecule has 1 aliphatic heterocycles. The molecule has 0 spiro atoms. The number of aliphatic imine (C=N–C) groups is 1. The molecule has 0 saturated carbocycles. The van der Waals surface area contributed by atoms with Gasteiger partial charge in [0.1, 0.15) is 0 Å². The van der Waals surface area contributed by atoms with E-state index in [0.29, 0.717) is 29.9 Å². The summed E-state index contributed by atoms with van der Waals surface area (Å²) in [5.74, 6) is 0.383. The molecule has 1 N–H and O–H groups in total. The summed E-state index contributed by atoms with van der Waals surface area (Å²) in [4.78, 5) is 20.3. The molecule has 0 amide bonds. The Hall–Kier alpha value is -1.21. The Morgan fingerprint density at radius 3 is 3.11 bits per heavy atom. The molecule has 0 saturated heterocycles. The SMILES string of the molecule is CCOC(=O)C1=C(CBr)NC(c2nccs2)=NC1. The predicted octanol–water partition coefficient (Wildman–Crippen LogP) is 1.71. The highest BCUT2D eigenvalue weighted by atomic mass is 79.9. The van der Waals surface area contributed by atoms with Gasteiger partial charge in [-0.1, -0.05) is 15.9 Å². The van der Waals surface area contributed by atoms with Gasteiger partial charge in [0.05, 0.1) is 18.7 Å². The van der Waals surface area contributed by atoms with Crippen LogP contribution in [0.25, 0.3) is 0 Å². The predicted molar refractivity (Wildman–Crippen MR) is 74.1 cm³/mol. The van der Waals surface area contributed by atoms with Crippen LogP contribution in [0.15, 0.2) is 27.8 Å². The minimum atomic E-state index is -0.318. The summed E-state index contributed by atoms with van der Waals surface area (Å²) >= 11 is 4.86. The highest BCUT2D eigenvalue weighted by Gasteiger charge is 2.22. The van der Waals surface area contributed by atoms with Gasteiger partial charge in [-0.3, -0.25) is 4.99 Å². The molecule has 96 valence electrons. The first-order valence-electron chi connectivity index (χ1n) is 5.42. The normalized spacial score (nSPS) is 15.1. The van der Waals surface area contributed by atoms with Gasteiger partial charge in [-0.05, 0) is 6.92 Å². The molecule has 2 heterocycles. The molecule has 2 rings (SSSR count). The molecule has 5 nitrogen and oxygen atoms in total. The van der Waals surface area contributed by atoms with E-state index >= 15 is 0 Å². The largest absolute Gasteiger partial charge is 0.463 e. The minimum Gasteiger partial charge on any atom is -0.463 e. The summed E-state index contributed by atoms with van der Waals surface area (Å²) in [6.07, 6.45) is 1.72. The van der Waals surface area contributed by atoms with Crippen molar-refractivity contribution in [2.75, 3.05) is 18.5 Å². The molecule has 0 aliphatic carbocycles. The van der Waals surface area contributed by atoms with Crippen molar-refractivity contribution in [3.63, 3.8) is 0 Å². The zero-order valence-corrected chi connectivity index (χ0v) is 12.2. The Balaban J connectivity index is 2.17. The standard InChI is InChI=1S/C11H12BrN3O2S/c1-2-17-11(16)7-6-14-9(15-8(7)5-12)10-13-3-4-18-10/h3-4H,2,5-6H2,1H3,(H,14,15). The third-order valence-corrected chi connectivity index (χ3v) is 3.66. The first kappa shape index (κ1) is 13.2. The topological polar surface area (TPSA) is 63.6 Å². The van der Waals surface area contributed by atoms with Gasteiger partial charge in [0.15, 0.2) is 10.8 Å². The van der Waals surface area contributed by atoms with Crippen LogP contribution in [0.4, 0.5) is 0 Å². The fraction of sp³-hybridized carbons (Fsp3) is 0.364. The van der Waals surface area contributed by atoms with Crippen molar-refractivity contribution in [2.45, 2.75) is 6.92 Å². The lowest BCUT2D eigenvalue weighted by atomic mass is 10.2.